The number of amidine groups is 1. The summed E-state index contributed by atoms with van der Waals surface area (Å²) in [6.07, 6.45) is 0.165. The Hall–Kier alpha value is -4.36. The lowest BCUT2D eigenvalue weighted by Gasteiger charge is -2.15. The second-order valence-electron chi connectivity index (χ2n) is 8.18. The highest BCUT2D eigenvalue weighted by Crippen LogP contribution is 2.23. The number of carboxylic acid groups (broad SMARTS) is 1. The molecule has 4 rings (SSSR count). The lowest BCUT2D eigenvalue weighted by Crippen LogP contribution is -2.42. The lowest BCUT2D eigenvalue weighted by atomic mass is 10.0. The molecule has 0 radical (unpaired) electrons. The van der Waals surface area contributed by atoms with Gasteiger partial charge in [0.05, 0.1) is 0 Å². The van der Waals surface area contributed by atoms with Gasteiger partial charge in [0.25, 0.3) is 5.91 Å². The first-order chi connectivity index (χ1) is 16.9. The molecule has 0 heterocycles. The van der Waals surface area contributed by atoms with Crippen molar-refractivity contribution in [1.82, 2.24) is 5.32 Å². The second kappa shape index (κ2) is 11.9. The Labute approximate surface area is 214 Å². The molecule has 0 bridgehead atoms. The molecule has 0 saturated heterocycles. The van der Waals surface area contributed by atoms with Crippen molar-refractivity contribution < 1.29 is 19.4 Å². The molecular formula is C28H26ClN3O4. The molecule has 0 spiro atoms. The third-order valence-electron chi connectivity index (χ3n) is 5.63. The smallest absolute Gasteiger partial charge is 0.326 e. The van der Waals surface area contributed by atoms with E-state index in [2.05, 4.69) is 5.32 Å². The molecule has 1 unspecified atom stereocenters. The quantitative estimate of drug-likeness (QED) is 0.197. The zero-order valence-corrected chi connectivity index (χ0v) is 20.1. The van der Waals surface area contributed by atoms with Gasteiger partial charge in [-0.25, -0.2) is 4.79 Å². The maximum Gasteiger partial charge on any atom is 0.326 e. The van der Waals surface area contributed by atoms with Crippen molar-refractivity contribution in [3.05, 3.63) is 113 Å². The van der Waals surface area contributed by atoms with E-state index < -0.39 is 17.9 Å². The lowest BCUT2D eigenvalue weighted by molar-refractivity contribution is -0.139. The molecule has 0 saturated carbocycles. The monoisotopic (exact) mass is 503 g/mol. The Morgan fingerprint density at radius 2 is 1.50 bits per heavy atom. The number of aliphatic carboxylic acids is 1. The average molecular weight is 504 g/mol. The van der Waals surface area contributed by atoms with Crippen LogP contribution in [0.4, 0.5) is 0 Å². The first-order valence-electron chi connectivity index (χ1n) is 11.1. The van der Waals surface area contributed by atoms with Gasteiger partial charge in [-0.05, 0) is 46.2 Å². The van der Waals surface area contributed by atoms with Crippen molar-refractivity contribution in [2.75, 3.05) is 0 Å². The zero-order valence-electron chi connectivity index (χ0n) is 19.3. The summed E-state index contributed by atoms with van der Waals surface area (Å²) in [5.41, 5.74) is 8.33. The molecule has 184 valence electrons. The van der Waals surface area contributed by atoms with E-state index >= 15 is 0 Å². The molecule has 0 aliphatic heterocycles. The minimum atomic E-state index is -1.09. The van der Waals surface area contributed by atoms with Crippen LogP contribution in [-0.4, -0.2) is 28.9 Å². The summed E-state index contributed by atoms with van der Waals surface area (Å²) in [4.78, 5) is 24.2. The van der Waals surface area contributed by atoms with Crippen LogP contribution in [0.25, 0.3) is 10.8 Å². The summed E-state index contributed by atoms with van der Waals surface area (Å²) >= 11 is 0. The number of nitrogens with one attached hydrogen (secondary N) is 2. The van der Waals surface area contributed by atoms with E-state index in [4.69, 9.17) is 15.9 Å². The van der Waals surface area contributed by atoms with Gasteiger partial charge in [0.15, 0.2) is 0 Å². The highest BCUT2D eigenvalue weighted by molar-refractivity contribution is 5.96. The van der Waals surface area contributed by atoms with Gasteiger partial charge in [0.2, 0.25) is 0 Å². The number of halogens is 1. The third kappa shape index (κ3) is 6.61. The molecular weight excluding hydrogens is 478 g/mol. The normalized spacial score (nSPS) is 11.2. The Kier molecular flexibility index (Phi) is 8.65. The van der Waals surface area contributed by atoms with Crippen molar-refractivity contribution in [2.24, 2.45) is 5.73 Å². The van der Waals surface area contributed by atoms with E-state index in [-0.39, 0.29) is 24.7 Å². The van der Waals surface area contributed by atoms with Crippen LogP contribution in [0.3, 0.4) is 0 Å². The number of carbonyl (C=O) groups is 2. The van der Waals surface area contributed by atoms with Crippen LogP contribution in [0.2, 0.25) is 0 Å². The Balaban J connectivity index is 0.00000361. The van der Waals surface area contributed by atoms with Gasteiger partial charge in [0, 0.05) is 17.5 Å². The molecule has 4 aromatic rings. The number of hydrogen-bond acceptors (Lipinski definition) is 4. The van der Waals surface area contributed by atoms with E-state index in [9.17, 15) is 14.7 Å². The zero-order chi connectivity index (χ0) is 24.8. The highest BCUT2D eigenvalue weighted by Gasteiger charge is 2.21. The molecule has 0 aliphatic carbocycles. The number of ether oxygens (including phenoxy) is 1. The Bertz CT molecular complexity index is 1370. The fraction of sp³-hybridized carbons (Fsp3) is 0.107. The maximum atomic E-state index is 12.4. The standard InChI is InChI=1S/C28H25N3O4.ClH/c29-26(30)20-9-6-18(7-10-20)17-35-24-13-12-22-14-19(8-11-23(22)16-24)15-25(28(33)34)31-27(32)21-4-2-1-3-5-21;/h1-14,16,25H,15,17H2,(H3,29,30)(H,31,32)(H,33,34);1H. The van der Waals surface area contributed by atoms with E-state index in [1.807, 2.05) is 48.5 Å². The van der Waals surface area contributed by atoms with E-state index in [0.29, 0.717) is 23.5 Å². The topological polar surface area (TPSA) is 126 Å². The SMILES string of the molecule is Cl.N=C(N)c1ccc(COc2ccc3cc(CC(NC(=O)c4ccccc4)C(=O)O)ccc3c2)cc1. The molecule has 1 atom stereocenters. The highest BCUT2D eigenvalue weighted by atomic mass is 35.5. The summed E-state index contributed by atoms with van der Waals surface area (Å²) in [7, 11) is 0. The van der Waals surface area contributed by atoms with Crippen LogP contribution < -0.4 is 15.8 Å². The van der Waals surface area contributed by atoms with E-state index in [1.165, 1.54) is 0 Å². The maximum absolute atomic E-state index is 12.4. The number of nitrogens with two attached hydrogens (primary N) is 1. The average Bonchev–Trinajstić information content (AvgIpc) is 2.87. The molecule has 4 aromatic carbocycles. The molecule has 7 nitrogen and oxygen atoms in total. The molecule has 36 heavy (non-hydrogen) atoms. The van der Waals surface area contributed by atoms with E-state index in [1.54, 1.807) is 42.5 Å². The molecule has 0 aliphatic rings. The number of carboxylic acids is 1. The van der Waals surface area contributed by atoms with Crippen molar-refractivity contribution in [3.8, 4) is 5.75 Å². The predicted molar refractivity (Wildman–Crippen MR) is 142 cm³/mol. The number of rotatable bonds is 9. The summed E-state index contributed by atoms with van der Waals surface area (Å²) in [6.45, 7) is 0.378. The third-order valence-corrected chi connectivity index (χ3v) is 5.63. The van der Waals surface area contributed by atoms with Gasteiger partial charge in [-0.2, -0.15) is 0 Å². The van der Waals surface area contributed by atoms with Crippen molar-refractivity contribution in [1.29, 1.82) is 5.41 Å². The second-order valence-corrected chi connectivity index (χ2v) is 8.18. The van der Waals surface area contributed by atoms with Crippen LogP contribution in [-0.2, 0) is 17.8 Å². The molecule has 5 N–H and O–H groups in total. The number of hydrogen-bond donors (Lipinski definition) is 4. The minimum Gasteiger partial charge on any atom is -0.489 e. The number of fused-ring (bicyclic) bond motifs is 1. The first kappa shape index (κ1) is 26.2. The number of benzene rings is 4. The van der Waals surface area contributed by atoms with Crippen molar-refractivity contribution in [2.45, 2.75) is 19.1 Å². The van der Waals surface area contributed by atoms with Crippen molar-refractivity contribution in [3.63, 3.8) is 0 Å². The molecule has 8 heteroatoms. The number of amides is 1. The number of carbonyl (C=O) groups excluding carboxylic acids is 1. The fourth-order valence-corrected chi connectivity index (χ4v) is 3.70. The van der Waals surface area contributed by atoms with Crippen LogP contribution in [0.5, 0.6) is 5.75 Å². The Morgan fingerprint density at radius 1 is 0.861 bits per heavy atom. The van der Waals surface area contributed by atoms with Gasteiger partial charge in [-0.1, -0.05) is 66.7 Å². The van der Waals surface area contributed by atoms with Gasteiger partial charge in [0.1, 0.15) is 24.2 Å². The Morgan fingerprint density at radius 3 is 2.17 bits per heavy atom. The fourth-order valence-electron chi connectivity index (χ4n) is 3.70. The molecule has 1 amide bonds. The van der Waals surface area contributed by atoms with Crippen LogP contribution >= 0.6 is 12.4 Å². The van der Waals surface area contributed by atoms with E-state index in [0.717, 1.165) is 21.9 Å². The largest absolute Gasteiger partial charge is 0.489 e. The predicted octanol–water partition coefficient (Wildman–Crippen LogP) is 4.55. The molecule has 0 fully saturated rings. The summed E-state index contributed by atoms with van der Waals surface area (Å²) < 4.78 is 5.90. The summed E-state index contributed by atoms with van der Waals surface area (Å²) in [5.74, 6) is -0.773. The minimum absolute atomic E-state index is 0. The molecule has 0 aromatic heterocycles. The number of nitrogen functional groups attached to an aromatic ring is 1. The summed E-state index contributed by atoms with van der Waals surface area (Å²) in [5, 5.41) is 21.6. The van der Waals surface area contributed by atoms with Gasteiger partial charge >= 0.3 is 5.97 Å². The van der Waals surface area contributed by atoms with Gasteiger partial charge < -0.3 is 20.9 Å². The van der Waals surface area contributed by atoms with Crippen LogP contribution in [0.15, 0.2) is 91.0 Å². The van der Waals surface area contributed by atoms with Crippen LogP contribution in [0, 0.1) is 5.41 Å². The van der Waals surface area contributed by atoms with Gasteiger partial charge in [-0.15, -0.1) is 12.4 Å². The van der Waals surface area contributed by atoms with Gasteiger partial charge in [-0.3, -0.25) is 10.2 Å². The van der Waals surface area contributed by atoms with Crippen molar-refractivity contribution >= 4 is 40.9 Å². The van der Waals surface area contributed by atoms with Crippen LogP contribution in [0.1, 0.15) is 27.0 Å². The first-order valence-corrected chi connectivity index (χ1v) is 11.1. The summed E-state index contributed by atoms with van der Waals surface area (Å²) in [6, 6.07) is 26.2.